The molecule has 2 rings (SSSR count). The van der Waals surface area contributed by atoms with Crippen LogP contribution in [-0.4, -0.2) is 15.0 Å². The lowest BCUT2D eigenvalue weighted by atomic mass is 10.1. The fourth-order valence-electron chi connectivity index (χ4n) is 1.55. The predicted molar refractivity (Wildman–Crippen MR) is 54.9 cm³/mol. The monoisotopic (exact) mass is 204 g/mol. The lowest BCUT2D eigenvalue weighted by Gasteiger charge is -1.95. The van der Waals surface area contributed by atoms with Crippen LogP contribution in [0.5, 0.6) is 0 Å². The Balaban J connectivity index is 2.21. The van der Waals surface area contributed by atoms with Gasteiger partial charge in [0.05, 0.1) is 5.21 Å². The SMILES string of the molecule is Cn1n[n+](CO)cc1Cc1ccccc1. The van der Waals surface area contributed by atoms with Crippen molar-refractivity contribution in [2.24, 2.45) is 7.05 Å². The number of benzene rings is 1. The number of aliphatic hydroxyl groups is 1. The minimum atomic E-state index is -0.0807. The molecule has 0 saturated carbocycles. The molecule has 0 aliphatic heterocycles. The Morgan fingerprint density at radius 2 is 2.07 bits per heavy atom. The van der Waals surface area contributed by atoms with Crippen LogP contribution in [0.4, 0.5) is 0 Å². The third kappa shape index (κ3) is 2.22. The normalized spacial score (nSPS) is 10.5. The third-order valence-corrected chi connectivity index (χ3v) is 2.34. The molecular weight excluding hydrogens is 190 g/mol. The van der Waals surface area contributed by atoms with Gasteiger partial charge in [-0.1, -0.05) is 30.3 Å². The molecule has 0 bridgehead atoms. The van der Waals surface area contributed by atoms with Gasteiger partial charge in [0.25, 0.3) is 0 Å². The van der Waals surface area contributed by atoms with E-state index in [1.165, 1.54) is 10.2 Å². The van der Waals surface area contributed by atoms with E-state index in [1.807, 2.05) is 31.4 Å². The molecule has 4 nitrogen and oxygen atoms in total. The summed E-state index contributed by atoms with van der Waals surface area (Å²) < 4.78 is 3.29. The predicted octanol–water partition coefficient (Wildman–Crippen LogP) is 0.248. The quantitative estimate of drug-likeness (QED) is 0.728. The van der Waals surface area contributed by atoms with Gasteiger partial charge in [-0.15, -0.1) is 9.36 Å². The number of rotatable bonds is 3. The van der Waals surface area contributed by atoms with Crippen molar-refractivity contribution in [1.82, 2.24) is 9.90 Å². The van der Waals surface area contributed by atoms with Gasteiger partial charge in [-0.2, -0.15) is 0 Å². The van der Waals surface area contributed by atoms with E-state index in [0.29, 0.717) is 0 Å². The van der Waals surface area contributed by atoms with Crippen LogP contribution in [0.1, 0.15) is 11.3 Å². The molecule has 1 heterocycles. The molecule has 0 aliphatic rings. The van der Waals surface area contributed by atoms with Crippen molar-refractivity contribution in [3.8, 4) is 0 Å². The first-order valence-corrected chi connectivity index (χ1v) is 4.87. The summed E-state index contributed by atoms with van der Waals surface area (Å²) in [6.45, 7) is -0.0807. The molecule has 15 heavy (non-hydrogen) atoms. The Morgan fingerprint density at radius 3 is 2.67 bits per heavy atom. The minimum absolute atomic E-state index is 0.0807. The highest BCUT2D eigenvalue weighted by Crippen LogP contribution is 2.05. The summed E-state index contributed by atoms with van der Waals surface area (Å²) in [6, 6.07) is 10.2. The first-order chi connectivity index (χ1) is 7.29. The van der Waals surface area contributed by atoms with Gasteiger partial charge in [0.2, 0.25) is 6.73 Å². The van der Waals surface area contributed by atoms with Gasteiger partial charge in [-0.25, -0.2) is 0 Å². The zero-order valence-electron chi connectivity index (χ0n) is 8.67. The summed E-state index contributed by atoms with van der Waals surface area (Å²) in [7, 11) is 1.88. The molecule has 0 radical (unpaired) electrons. The van der Waals surface area contributed by atoms with Gasteiger partial charge in [-0.05, 0) is 5.56 Å². The smallest absolute Gasteiger partial charge is 0.210 e. The maximum absolute atomic E-state index is 8.93. The van der Waals surface area contributed by atoms with Gasteiger partial charge in [0.1, 0.15) is 7.05 Å². The van der Waals surface area contributed by atoms with E-state index < -0.39 is 0 Å². The van der Waals surface area contributed by atoms with Crippen LogP contribution in [0.25, 0.3) is 0 Å². The molecule has 4 heteroatoms. The highest BCUT2D eigenvalue weighted by molar-refractivity contribution is 5.19. The number of hydrogen-bond donors (Lipinski definition) is 1. The van der Waals surface area contributed by atoms with E-state index in [0.717, 1.165) is 12.1 Å². The fourth-order valence-corrected chi connectivity index (χ4v) is 1.55. The second-order valence-corrected chi connectivity index (χ2v) is 3.48. The maximum Gasteiger partial charge on any atom is 0.210 e. The van der Waals surface area contributed by atoms with Crippen molar-refractivity contribution in [2.45, 2.75) is 13.2 Å². The van der Waals surface area contributed by atoms with Crippen LogP contribution >= 0.6 is 0 Å². The molecule has 1 aromatic carbocycles. The van der Waals surface area contributed by atoms with Gasteiger partial charge in [0, 0.05) is 6.42 Å². The van der Waals surface area contributed by atoms with Gasteiger partial charge in [0.15, 0.2) is 11.9 Å². The molecule has 2 aromatic rings. The van der Waals surface area contributed by atoms with E-state index in [4.69, 9.17) is 5.11 Å². The Kier molecular flexibility index (Phi) is 2.78. The molecule has 0 spiro atoms. The number of nitrogens with zero attached hydrogens (tertiary/aromatic N) is 3. The van der Waals surface area contributed by atoms with Crippen LogP contribution in [0.15, 0.2) is 36.5 Å². The highest BCUT2D eigenvalue weighted by Gasteiger charge is 2.11. The summed E-state index contributed by atoms with van der Waals surface area (Å²) in [5.74, 6) is 0. The molecule has 1 N–H and O–H groups in total. The average Bonchev–Trinajstić information content (AvgIpc) is 2.61. The maximum atomic E-state index is 8.93. The van der Waals surface area contributed by atoms with Crippen molar-refractivity contribution in [3.63, 3.8) is 0 Å². The zero-order valence-corrected chi connectivity index (χ0v) is 8.67. The minimum Gasteiger partial charge on any atom is -0.356 e. The molecule has 0 saturated heterocycles. The first kappa shape index (κ1) is 9.86. The lowest BCUT2D eigenvalue weighted by molar-refractivity contribution is -0.784. The van der Waals surface area contributed by atoms with E-state index in [-0.39, 0.29) is 6.73 Å². The van der Waals surface area contributed by atoms with Crippen molar-refractivity contribution in [3.05, 3.63) is 47.8 Å². The number of aromatic nitrogens is 3. The largest absolute Gasteiger partial charge is 0.356 e. The van der Waals surface area contributed by atoms with Crippen molar-refractivity contribution in [2.75, 3.05) is 0 Å². The topological polar surface area (TPSA) is 41.9 Å². The van der Waals surface area contributed by atoms with Gasteiger partial charge < -0.3 is 5.11 Å². The van der Waals surface area contributed by atoms with Gasteiger partial charge >= 0.3 is 0 Å². The Labute approximate surface area is 88.4 Å². The molecule has 0 unspecified atom stereocenters. The molecule has 0 amide bonds. The summed E-state index contributed by atoms with van der Waals surface area (Å²) in [5.41, 5.74) is 2.32. The summed E-state index contributed by atoms with van der Waals surface area (Å²) >= 11 is 0. The Hall–Kier alpha value is -1.68. The molecule has 78 valence electrons. The van der Waals surface area contributed by atoms with Crippen molar-refractivity contribution in [1.29, 1.82) is 0 Å². The van der Waals surface area contributed by atoms with Crippen LogP contribution in [0.2, 0.25) is 0 Å². The summed E-state index contributed by atoms with van der Waals surface area (Å²) in [5, 5.41) is 13.0. The highest BCUT2D eigenvalue weighted by atomic mass is 16.3. The molecule has 0 aliphatic carbocycles. The summed E-state index contributed by atoms with van der Waals surface area (Å²) in [6.07, 6.45) is 2.68. The van der Waals surface area contributed by atoms with Crippen molar-refractivity contribution < 1.29 is 9.79 Å². The van der Waals surface area contributed by atoms with E-state index >= 15 is 0 Å². The Bertz CT molecular complexity index is 436. The second-order valence-electron chi connectivity index (χ2n) is 3.48. The number of aliphatic hydroxyl groups excluding tert-OH is 1. The second kappa shape index (κ2) is 4.23. The number of aryl methyl sites for hydroxylation is 1. The third-order valence-electron chi connectivity index (χ3n) is 2.34. The molecular formula is C11H14N3O+. The van der Waals surface area contributed by atoms with E-state index in [2.05, 4.69) is 17.3 Å². The molecule has 0 atom stereocenters. The zero-order chi connectivity index (χ0) is 10.7. The van der Waals surface area contributed by atoms with Crippen LogP contribution in [0, 0.1) is 0 Å². The number of hydrogen-bond acceptors (Lipinski definition) is 2. The van der Waals surface area contributed by atoms with Crippen LogP contribution in [0.3, 0.4) is 0 Å². The standard InChI is InChI=1S/C11H14N3O/c1-13-11(8-14(9-15)12-13)7-10-5-3-2-4-6-10/h2-6,8,15H,7,9H2,1H3/q+1. The summed E-state index contributed by atoms with van der Waals surface area (Å²) in [4.78, 5) is 0. The molecule has 1 aromatic heterocycles. The fraction of sp³-hybridized carbons (Fsp3) is 0.273. The van der Waals surface area contributed by atoms with Crippen LogP contribution in [-0.2, 0) is 20.2 Å². The van der Waals surface area contributed by atoms with Crippen molar-refractivity contribution >= 4 is 0 Å². The van der Waals surface area contributed by atoms with E-state index in [9.17, 15) is 0 Å². The van der Waals surface area contributed by atoms with E-state index in [1.54, 1.807) is 4.68 Å². The Morgan fingerprint density at radius 1 is 1.33 bits per heavy atom. The lowest BCUT2D eigenvalue weighted by Crippen LogP contribution is -2.35. The van der Waals surface area contributed by atoms with Gasteiger partial charge in [-0.3, -0.25) is 0 Å². The van der Waals surface area contributed by atoms with Crippen LogP contribution < -0.4 is 4.68 Å². The molecule has 0 fully saturated rings. The first-order valence-electron chi connectivity index (χ1n) is 4.87. The average molecular weight is 204 g/mol.